The molecule has 3 aliphatic rings. The predicted octanol–water partition coefficient (Wildman–Crippen LogP) is 2.51. The van der Waals surface area contributed by atoms with E-state index < -0.39 is 0 Å². The van der Waals surface area contributed by atoms with E-state index in [9.17, 15) is 4.39 Å². The van der Waals surface area contributed by atoms with E-state index in [-0.39, 0.29) is 5.82 Å². The Morgan fingerprint density at radius 1 is 1.37 bits per heavy atom. The van der Waals surface area contributed by atoms with E-state index in [2.05, 4.69) is 10.2 Å². The van der Waals surface area contributed by atoms with Crippen LogP contribution in [0.2, 0.25) is 0 Å². The zero-order valence-electron chi connectivity index (χ0n) is 11.1. The summed E-state index contributed by atoms with van der Waals surface area (Å²) in [5.41, 5.74) is 1.76. The highest BCUT2D eigenvalue weighted by Gasteiger charge is 2.34. The Hall–Kier alpha value is -1.60. The Morgan fingerprint density at radius 2 is 2.11 bits per heavy atom. The molecule has 19 heavy (non-hydrogen) atoms. The Labute approximate surface area is 113 Å². The highest BCUT2D eigenvalue weighted by molar-refractivity contribution is 5.56. The van der Waals surface area contributed by atoms with Crippen molar-refractivity contribution in [3.8, 4) is 6.07 Å². The van der Waals surface area contributed by atoms with E-state index in [0.29, 0.717) is 23.1 Å². The minimum atomic E-state index is -0.303. The third-order valence-electron chi connectivity index (χ3n) is 4.47. The minimum absolute atomic E-state index is 0.303. The van der Waals surface area contributed by atoms with Crippen LogP contribution in [0.25, 0.3) is 0 Å². The number of nitrogens with zero attached hydrogens (tertiary/aromatic N) is 2. The third kappa shape index (κ3) is 2.31. The van der Waals surface area contributed by atoms with Gasteiger partial charge in [-0.3, -0.25) is 0 Å². The van der Waals surface area contributed by atoms with E-state index in [1.165, 1.54) is 32.0 Å². The summed E-state index contributed by atoms with van der Waals surface area (Å²) < 4.78 is 13.8. The lowest BCUT2D eigenvalue weighted by Crippen LogP contribution is -2.53. The number of rotatable bonds is 2. The van der Waals surface area contributed by atoms with Gasteiger partial charge in [0.05, 0.1) is 11.6 Å². The van der Waals surface area contributed by atoms with E-state index in [0.717, 1.165) is 12.2 Å². The molecule has 100 valence electrons. The molecule has 0 spiro atoms. The molecule has 3 fully saturated rings. The van der Waals surface area contributed by atoms with Crippen molar-refractivity contribution in [2.45, 2.75) is 25.8 Å². The fraction of sp³-hybridized carbons (Fsp3) is 0.533. The van der Waals surface area contributed by atoms with Gasteiger partial charge in [0.1, 0.15) is 5.82 Å². The van der Waals surface area contributed by atoms with Crippen LogP contribution in [0.3, 0.4) is 0 Å². The van der Waals surface area contributed by atoms with Gasteiger partial charge < -0.3 is 10.2 Å². The number of piperidine rings is 3. The van der Waals surface area contributed by atoms with Gasteiger partial charge in [-0.15, -0.1) is 0 Å². The molecule has 1 aromatic carbocycles. The van der Waals surface area contributed by atoms with E-state index in [1.54, 1.807) is 13.0 Å². The van der Waals surface area contributed by atoms with Gasteiger partial charge in [0, 0.05) is 23.8 Å². The molecule has 3 aliphatic heterocycles. The molecular formula is C15H18FN3. The van der Waals surface area contributed by atoms with Crippen LogP contribution in [0.5, 0.6) is 0 Å². The van der Waals surface area contributed by atoms with Crippen molar-refractivity contribution in [3.63, 3.8) is 0 Å². The van der Waals surface area contributed by atoms with Gasteiger partial charge in [-0.1, -0.05) is 0 Å². The largest absolute Gasteiger partial charge is 0.380 e. The summed E-state index contributed by atoms with van der Waals surface area (Å²) in [6.45, 7) is 5.17. The molecule has 3 heterocycles. The van der Waals surface area contributed by atoms with Crippen molar-refractivity contribution in [1.82, 2.24) is 4.90 Å². The highest BCUT2D eigenvalue weighted by atomic mass is 19.1. The zero-order chi connectivity index (χ0) is 13.4. The number of anilines is 1. The van der Waals surface area contributed by atoms with Gasteiger partial charge >= 0.3 is 0 Å². The predicted molar refractivity (Wildman–Crippen MR) is 72.4 cm³/mol. The average Bonchev–Trinajstić information content (AvgIpc) is 2.45. The average molecular weight is 259 g/mol. The van der Waals surface area contributed by atoms with Gasteiger partial charge in [-0.05, 0) is 50.9 Å². The number of benzene rings is 1. The van der Waals surface area contributed by atoms with Gasteiger partial charge in [0.2, 0.25) is 0 Å². The second-order valence-electron chi connectivity index (χ2n) is 5.63. The van der Waals surface area contributed by atoms with Crippen LogP contribution in [0, 0.1) is 30.0 Å². The first kappa shape index (κ1) is 12.4. The minimum Gasteiger partial charge on any atom is -0.380 e. The lowest BCUT2D eigenvalue weighted by molar-refractivity contribution is 0.0975. The zero-order valence-corrected chi connectivity index (χ0v) is 11.1. The summed E-state index contributed by atoms with van der Waals surface area (Å²) in [7, 11) is 0. The lowest BCUT2D eigenvalue weighted by atomic mass is 9.84. The molecule has 4 rings (SSSR count). The van der Waals surface area contributed by atoms with Gasteiger partial charge in [-0.25, -0.2) is 4.39 Å². The summed E-state index contributed by atoms with van der Waals surface area (Å²) in [6, 6.07) is 5.46. The third-order valence-corrected chi connectivity index (χ3v) is 4.47. The molecule has 0 aromatic heterocycles. The standard InChI is InChI=1S/C15H18FN3/c1-10-13(16)6-11(8-17)7-14(10)18-15-9-19-4-2-12(15)3-5-19/h6-7,12,15,18H,2-5,9H2,1H3. The number of hydrogen-bond acceptors (Lipinski definition) is 3. The number of fused-ring (bicyclic) bond motifs is 3. The van der Waals surface area contributed by atoms with Crippen LogP contribution in [0.15, 0.2) is 12.1 Å². The fourth-order valence-corrected chi connectivity index (χ4v) is 3.22. The van der Waals surface area contributed by atoms with Crippen LogP contribution >= 0.6 is 0 Å². The molecular weight excluding hydrogens is 241 g/mol. The first-order valence-electron chi connectivity index (χ1n) is 6.86. The summed E-state index contributed by atoms with van der Waals surface area (Å²) in [5, 5.41) is 12.4. The van der Waals surface area contributed by atoms with Crippen molar-refractivity contribution < 1.29 is 4.39 Å². The highest BCUT2D eigenvalue weighted by Crippen LogP contribution is 2.31. The summed E-state index contributed by atoms with van der Waals surface area (Å²) in [6.07, 6.45) is 2.44. The lowest BCUT2D eigenvalue weighted by Gasteiger charge is -2.45. The SMILES string of the molecule is Cc1c(F)cc(C#N)cc1NC1CN2CCC1CC2. The molecule has 4 heteroatoms. The van der Waals surface area contributed by atoms with Crippen molar-refractivity contribution in [3.05, 3.63) is 29.1 Å². The fourth-order valence-electron chi connectivity index (χ4n) is 3.22. The first-order valence-corrected chi connectivity index (χ1v) is 6.86. The summed E-state index contributed by atoms with van der Waals surface area (Å²) in [5.74, 6) is 0.376. The monoisotopic (exact) mass is 259 g/mol. The number of nitrogens with one attached hydrogen (secondary N) is 1. The maximum absolute atomic E-state index is 13.8. The van der Waals surface area contributed by atoms with Crippen LogP contribution in [0.4, 0.5) is 10.1 Å². The maximum Gasteiger partial charge on any atom is 0.129 e. The molecule has 1 unspecified atom stereocenters. The van der Waals surface area contributed by atoms with Gasteiger partial charge in [0.25, 0.3) is 0 Å². The molecule has 1 N–H and O–H groups in total. The number of hydrogen-bond donors (Lipinski definition) is 1. The Kier molecular flexibility index (Phi) is 3.16. The summed E-state index contributed by atoms with van der Waals surface area (Å²) >= 11 is 0. The van der Waals surface area contributed by atoms with Crippen LogP contribution < -0.4 is 5.32 Å². The number of halogens is 1. The van der Waals surface area contributed by atoms with Crippen molar-refractivity contribution >= 4 is 5.69 Å². The second-order valence-corrected chi connectivity index (χ2v) is 5.63. The van der Waals surface area contributed by atoms with E-state index in [4.69, 9.17) is 5.26 Å². The van der Waals surface area contributed by atoms with Crippen molar-refractivity contribution in [2.75, 3.05) is 25.0 Å². The van der Waals surface area contributed by atoms with E-state index >= 15 is 0 Å². The quantitative estimate of drug-likeness (QED) is 0.887. The molecule has 3 nitrogen and oxygen atoms in total. The molecule has 1 atom stereocenters. The van der Waals surface area contributed by atoms with E-state index in [1.807, 2.05) is 6.07 Å². The Balaban J connectivity index is 1.83. The van der Waals surface area contributed by atoms with Gasteiger partial charge in [-0.2, -0.15) is 5.26 Å². The molecule has 0 aliphatic carbocycles. The Morgan fingerprint density at radius 3 is 2.68 bits per heavy atom. The molecule has 3 saturated heterocycles. The van der Waals surface area contributed by atoms with Crippen molar-refractivity contribution in [1.29, 1.82) is 5.26 Å². The van der Waals surface area contributed by atoms with Crippen molar-refractivity contribution in [2.24, 2.45) is 5.92 Å². The molecule has 0 amide bonds. The smallest absolute Gasteiger partial charge is 0.129 e. The second kappa shape index (κ2) is 4.82. The molecule has 0 radical (unpaired) electrons. The van der Waals surface area contributed by atoms with Crippen LogP contribution in [0.1, 0.15) is 24.0 Å². The topological polar surface area (TPSA) is 39.1 Å². The van der Waals surface area contributed by atoms with Crippen LogP contribution in [-0.2, 0) is 0 Å². The molecule has 1 aromatic rings. The number of nitriles is 1. The maximum atomic E-state index is 13.8. The first-order chi connectivity index (χ1) is 9.17. The molecule has 2 bridgehead atoms. The Bertz CT molecular complexity index is 527. The molecule has 0 saturated carbocycles. The van der Waals surface area contributed by atoms with Crippen LogP contribution in [-0.4, -0.2) is 30.6 Å². The summed E-state index contributed by atoms with van der Waals surface area (Å²) in [4.78, 5) is 2.46. The normalized spacial score (nSPS) is 29.0. The van der Waals surface area contributed by atoms with Gasteiger partial charge in [0.15, 0.2) is 0 Å².